The lowest BCUT2D eigenvalue weighted by Crippen LogP contribution is -2.22. The van der Waals surface area contributed by atoms with E-state index in [-0.39, 0.29) is 5.70 Å². The van der Waals surface area contributed by atoms with Gasteiger partial charge in [0.25, 0.3) is 5.91 Å². The molecule has 22 heavy (non-hydrogen) atoms. The summed E-state index contributed by atoms with van der Waals surface area (Å²) in [6.07, 6.45) is 1.74. The summed E-state index contributed by atoms with van der Waals surface area (Å²) >= 11 is 0. The predicted molar refractivity (Wildman–Crippen MR) is 86.1 cm³/mol. The number of benzene rings is 3. The van der Waals surface area contributed by atoms with Gasteiger partial charge >= 0.3 is 6.03 Å². The largest absolute Gasteiger partial charge is 0.326 e. The van der Waals surface area contributed by atoms with Gasteiger partial charge in [0.1, 0.15) is 5.70 Å². The summed E-state index contributed by atoms with van der Waals surface area (Å²) < 4.78 is 0. The zero-order valence-electron chi connectivity index (χ0n) is 11.6. The molecule has 0 bridgehead atoms. The predicted octanol–water partition coefficient (Wildman–Crippen LogP) is 3.17. The van der Waals surface area contributed by atoms with E-state index in [9.17, 15) is 9.59 Å². The molecule has 1 heterocycles. The Morgan fingerprint density at radius 2 is 1.36 bits per heavy atom. The highest BCUT2D eigenvalue weighted by Crippen LogP contribution is 2.30. The Morgan fingerprint density at radius 1 is 0.773 bits per heavy atom. The molecule has 0 aliphatic carbocycles. The quantitative estimate of drug-likeness (QED) is 0.410. The standard InChI is InChI=1S/C18H12N2O2/c21-17-16(19-18(22)20-17)10-15-13-7-3-1-5-11(13)9-12-6-2-4-8-14(12)15/h1-10H,(H2,19,20,21,22)/b16-10+. The summed E-state index contributed by atoms with van der Waals surface area (Å²) in [7, 11) is 0. The summed E-state index contributed by atoms with van der Waals surface area (Å²) in [6, 6.07) is 17.6. The first-order chi connectivity index (χ1) is 10.7. The lowest BCUT2D eigenvalue weighted by atomic mass is 9.96. The van der Waals surface area contributed by atoms with E-state index in [4.69, 9.17) is 0 Å². The zero-order chi connectivity index (χ0) is 15.1. The second-order valence-corrected chi connectivity index (χ2v) is 5.20. The Morgan fingerprint density at radius 3 is 1.91 bits per heavy atom. The molecule has 3 amide bonds. The summed E-state index contributed by atoms with van der Waals surface area (Å²) in [5.41, 5.74) is 1.20. The number of urea groups is 1. The Hall–Kier alpha value is -3.14. The molecule has 0 unspecified atom stereocenters. The van der Waals surface area contributed by atoms with E-state index in [1.54, 1.807) is 6.08 Å². The Balaban J connectivity index is 2.07. The van der Waals surface area contributed by atoms with Gasteiger partial charge in [-0.25, -0.2) is 4.79 Å². The fourth-order valence-corrected chi connectivity index (χ4v) is 2.83. The van der Waals surface area contributed by atoms with Crippen LogP contribution >= 0.6 is 0 Å². The van der Waals surface area contributed by atoms with Crippen molar-refractivity contribution < 1.29 is 9.59 Å². The van der Waals surface area contributed by atoms with Gasteiger partial charge in [0.15, 0.2) is 0 Å². The van der Waals surface area contributed by atoms with Crippen molar-refractivity contribution in [1.82, 2.24) is 10.6 Å². The molecule has 106 valence electrons. The van der Waals surface area contributed by atoms with Crippen molar-refractivity contribution >= 4 is 39.6 Å². The van der Waals surface area contributed by atoms with E-state index >= 15 is 0 Å². The number of carbonyl (C=O) groups is 2. The van der Waals surface area contributed by atoms with Crippen molar-refractivity contribution in [3.8, 4) is 0 Å². The maximum Gasteiger partial charge on any atom is 0.326 e. The van der Waals surface area contributed by atoms with Gasteiger partial charge in [0.05, 0.1) is 0 Å². The third kappa shape index (κ3) is 1.93. The van der Waals surface area contributed by atoms with Gasteiger partial charge in [-0.2, -0.15) is 0 Å². The Labute approximate surface area is 126 Å². The topological polar surface area (TPSA) is 58.2 Å². The minimum atomic E-state index is -0.485. The van der Waals surface area contributed by atoms with Crippen molar-refractivity contribution in [1.29, 1.82) is 0 Å². The average Bonchev–Trinajstić information content (AvgIpc) is 2.84. The molecule has 2 N–H and O–H groups in total. The van der Waals surface area contributed by atoms with Crippen LogP contribution in [0, 0.1) is 0 Å². The number of imide groups is 1. The summed E-state index contributed by atoms with van der Waals surface area (Å²) in [4.78, 5) is 23.1. The van der Waals surface area contributed by atoms with Crippen LogP contribution in [0.5, 0.6) is 0 Å². The van der Waals surface area contributed by atoms with Crippen molar-refractivity contribution in [3.63, 3.8) is 0 Å². The minimum absolute atomic E-state index is 0.270. The highest BCUT2D eigenvalue weighted by atomic mass is 16.2. The summed E-state index contributed by atoms with van der Waals surface area (Å²) in [5, 5.41) is 9.05. The SMILES string of the molecule is O=C1NC(=O)/C(=C\c2c3ccccc3cc3ccccc23)N1. The molecule has 4 heteroatoms. The van der Waals surface area contributed by atoms with Crippen LogP contribution in [0.4, 0.5) is 4.79 Å². The smallest absolute Gasteiger partial charge is 0.303 e. The van der Waals surface area contributed by atoms with Crippen molar-refractivity contribution in [3.05, 3.63) is 65.9 Å². The first kappa shape index (κ1) is 12.6. The van der Waals surface area contributed by atoms with Gasteiger partial charge < -0.3 is 5.32 Å². The number of fused-ring (bicyclic) bond motifs is 2. The van der Waals surface area contributed by atoms with E-state index in [0.717, 1.165) is 27.1 Å². The van der Waals surface area contributed by atoms with Crippen LogP contribution in [-0.2, 0) is 4.79 Å². The van der Waals surface area contributed by atoms with E-state index < -0.39 is 11.9 Å². The molecule has 4 rings (SSSR count). The number of rotatable bonds is 1. The maximum atomic E-state index is 11.8. The van der Waals surface area contributed by atoms with Crippen molar-refractivity contribution in [2.45, 2.75) is 0 Å². The number of carbonyl (C=O) groups excluding carboxylic acids is 2. The van der Waals surface area contributed by atoms with Crippen LogP contribution in [0.1, 0.15) is 5.56 Å². The van der Waals surface area contributed by atoms with Crippen LogP contribution in [-0.4, -0.2) is 11.9 Å². The molecule has 0 saturated carbocycles. The van der Waals surface area contributed by atoms with Crippen molar-refractivity contribution in [2.24, 2.45) is 0 Å². The molecule has 1 fully saturated rings. The number of amides is 3. The van der Waals surface area contributed by atoms with Gasteiger partial charge in [-0.1, -0.05) is 48.5 Å². The van der Waals surface area contributed by atoms with Gasteiger partial charge in [0.2, 0.25) is 0 Å². The monoisotopic (exact) mass is 288 g/mol. The molecule has 1 saturated heterocycles. The highest BCUT2D eigenvalue weighted by molar-refractivity contribution is 6.16. The van der Waals surface area contributed by atoms with Crippen LogP contribution in [0.3, 0.4) is 0 Å². The van der Waals surface area contributed by atoms with Crippen LogP contribution < -0.4 is 10.6 Å². The normalized spacial score (nSPS) is 16.3. The molecule has 3 aromatic carbocycles. The number of nitrogens with one attached hydrogen (secondary N) is 2. The molecule has 4 nitrogen and oxygen atoms in total. The second kappa shape index (κ2) is 4.70. The van der Waals surface area contributed by atoms with E-state index in [2.05, 4.69) is 16.7 Å². The molecule has 3 aromatic rings. The van der Waals surface area contributed by atoms with Gasteiger partial charge in [0, 0.05) is 0 Å². The Kier molecular flexibility index (Phi) is 2.69. The van der Waals surface area contributed by atoms with Crippen LogP contribution in [0.15, 0.2) is 60.3 Å². The molecule has 0 aromatic heterocycles. The molecule has 1 aliphatic heterocycles. The average molecular weight is 288 g/mol. The third-order valence-corrected chi connectivity index (χ3v) is 3.82. The maximum absolute atomic E-state index is 11.8. The molecular weight excluding hydrogens is 276 g/mol. The third-order valence-electron chi connectivity index (χ3n) is 3.82. The number of hydrogen-bond acceptors (Lipinski definition) is 2. The molecule has 1 aliphatic rings. The van der Waals surface area contributed by atoms with Crippen LogP contribution in [0.25, 0.3) is 27.6 Å². The lowest BCUT2D eigenvalue weighted by Gasteiger charge is -2.08. The first-order valence-electron chi connectivity index (χ1n) is 6.97. The van der Waals surface area contributed by atoms with Gasteiger partial charge in [-0.3, -0.25) is 10.1 Å². The van der Waals surface area contributed by atoms with Crippen molar-refractivity contribution in [2.75, 3.05) is 0 Å². The van der Waals surface area contributed by atoms with E-state index in [0.29, 0.717) is 0 Å². The highest BCUT2D eigenvalue weighted by Gasteiger charge is 2.23. The fraction of sp³-hybridized carbons (Fsp3) is 0. The van der Waals surface area contributed by atoms with Gasteiger partial charge in [-0.05, 0) is 39.3 Å². The van der Waals surface area contributed by atoms with E-state index in [1.807, 2.05) is 48.5 Å². The zero-order valence-corrected chi connectivity index (χ0v) is 11.6. The second-order valence-electron chi connectivity index (χ2n) is 5.20. The van der Waals surface area contributed by atoms with Gasteiger partial charge in [-0.15, -0.1) is 0 Å². The number of hydrogen-bond donors (Lipinski definition) is 2. The van der Waals surface area contributed by atoms with Crippen LogP contribution in [0.2, 0.25) is 0 Å². The van der Waals surface area contributed by atoms with E-state index in [1.165, 1.54) is 0 Å². The molecular formula is C18H12N2O2. The molecule has 0 spiro atoms. The Bertz CT molecular complexity index is 919. The summed E-state index contributed by atoms with van der Waals surface area (Å²) in [6.45, 7) is 0. The first-order valence-corrected chi connectivity index (χ1v) is 6.97. The molecule has 0 radical (unpaired) electrons. The minimum Gasteiger partial charge on any atom is -0.303 e. The fourth-order valence-electron chi connectivity index (χ4n) is 2.83. The molecule has 0 atom stereocenters. The lowest BCUT2D eigenvalue weighted by molar-refractivity contribution is -0.115. The summed E-state index contributed by atoms with van der Waals surface area (Å²) in [5.74, 6) is -0.401.